The third-order valence-electron chi connectivity index (χ3n) is 8.92. The molecule has 1 amide bonds. The van der Waals surface area contributed by atoms with Crippen molar-refractivity contribution in [1.29, 1.82) is 0 Å². The van der Waals surface area contributed by atoms with Gasteiger partial charge in [0.05, 0.1) is 35.8 Å². The Morgan fingerprint density at radius 2 is 1.70 bits per heavy atom. The van der Waals surface area contributed by atoms with Crippen LogP contribution in [-0.4, -0.2) is 48.8 Å². The highest BCUT2D eigenvalue weighted by atomic mass is 35.5. The molecule has 44 heavy (non-hydrogen) atoms. The van der Waals surface area contributed by atoms with Crippen molar-refractivity contribution in [3.05, 3.63) is 104 Å². The van der Waals surface area contributed by atoms with Gasteiger partial charge in [-0.3, -0.25) is 14.5 Å². The van der Waals surface area contributed by atoms with Crippen LogP contribution in [0.25, 0.3) is 0 Å². The van der Waals surface area contributed by atoms with E-state index in [1.165, 1.54) is 18.1 Å². The predicted molar refractivity (Wildman–Crippen MR) is 165 cm³/mol. The molecule has 3 aromatic carbocycles. The fourth-order valence-corrected chi connectivity index (χ4v) is 6.98. The number of aliphatic hydroxyl groups is 1. The molecule has 3 aromatic rings. The molecule has 7 nitrogen and oxygen atoms in total. The molecule has 234 valence electrons. The normalized spacial score (nSPS) is 20.7. The first-order valence-electron chi connectivity index (χ1n) is 14.8. The summed E-state index contributed by atoms with van der Waals surface area (Å²) in [6.07, 6.45) is 1.29. The molecule has 3 atom stereocenters. The van der Waals surface area contributed by atoms with E-state index in [2.05, 4.69) is 0 Å². The zero-order valence-electron chi connectivity index (χ0n) is 24.9. The minimum absolute atomic E-state index is 0.00988. The van der Waals surface area contributed by atoms with Crippen LogP contribution in [0.15, 0.2) is 60.7 Å². The van der Waals surface area contributed by atoms with Gasteiger partial charge in [0.15, 0.2) is 5.72 Å². The summed E-state index contributed by atoms with van der Waals surface area (Å²) in [5.74, 6) is -2.00. The third-order valence-corrected chi connectivity index (χ3v) is 9.42. The van der Waals surface area contributed by atoms with E-state index in [0.29, 0.717) is 59.2 Å². The van der Waals surface area contributed by atoms with Crippen LogP contribution >= 0.6 is 23.2 Å². The van der Waals surface area contributed by atoms with Gasteiger partial charge in [0.1, 0.15) is 5.82 Å². The molecule has 5 rings (SSSR count). The predicted octanol–water partition coefficient (Wildman–Crippen LogP) is 7.15. The van der Waals surface area contributed by atoms with Crippen LogP contribution < -0.4 is 0 Å². The Kier molecular flexibility index (Phi) is 9.68. The van der Waals surface area contributed by atoms with Crippen molar-refractivity contribution >= 4 is 35.1 Å². The van der Waals surface area contributed by atoms with Crippen molar-refractivity contribution < 1.29 is 33.3 Å². The number of amides is 1. The largest absolute Gasteiger partial charge is 0.466 e. The number of fused-ring (bicyclic) bond motifs is 1. The molecular weight excluding hydrogens is 608 g/mol. The number of benzene rings is 3. The number of esters is 1. The van der Waals surface area contributed by atoms with E-state index in [1.54, 1.807) is 61.5 Å². The summed E-state index contributed by atoms with van der Waals surface area (Å²) in [7, 11) is 1.39. The van der Waals surface area contributed by atoms with Crippen molar-refractivity contribution in [3.63, 3.8) is 0 Å². The summed E-state index contributed by atoms with van der Waals surface area (Å²) in [4.78, 5) is 29.1. The van der Waals surface area contributed by atoms with Gasteiger partial charge < -0.3 is 19.3 Å². The van der Waals surface area contributed by atoms with E-state index >= 15 is 4.39 Å². The van der Waals surface area contributed by atoms with E-state index in [4.69, 9.17) is 37.4 Å². The minimum Gasteiger partial charge on any atom is -0.466 e. The average Bonchev–Trinajstić information content (AvgIpc) is 3.29. The average molecular weight is 645 g/mol. The lowest BCUT2D eigenvalue weighted by Crippen LogP contribution is -2.49. The summed E-state index contributed by atoms with van der Waals surface area (Å²) in [6.45, 7) is 4.67. The van der Waals surface area contributed by atoms with Gasteiger partial charge in [-0.25, -0.2) is 4.39 Å². The van der Waals surface area contributed by atoms with Gasteiger partial charge in [-0.05, 0) is 79.6 Å². The lowest BCUT2D eigenvalue weighted by Gasteiger charge is -2.43. The molecular formula is C34H36Cl2FNO6. The van der Waals surface area contributed by atoms with Crippen molar-refractivity contribution in [1.82, 2.24) is 4.90 Å². The van der Waals surface area contributed by atoms with E-state index in [9.17, 15) is 14.7 Å². The maximum atomic E-state index is 16.8. The number of hydrogen-bond acceptors (Lipinski definition) is 6. The van der Waals surface area contributed by atoms with E-state index in [1.807, 2.05) is 6.92 Å². The van der Waals surface area contributed by atoms with Gasteiger partial charge in [-0.15, -0.1) is 0 Å². The van der Waals surface area contributed by atoms with Crippen molar-refractivity contribution in [2.45, 2.75) is 56.9 Å². The highest BCUT2D eigenvalue weighted by Crippen LogP contribution is 2.52. The fraction of sp³-hybridized carbons (Fsp3) is 0.412. The molecule has 2 unspecified atom stereocenters. The van der Waals surface area contributed by atoms with Gasteiger partial charge in [-0.1, -0.05) is 54.4 Å². The second kappa shape index (κ2) is 13.2. The molecule has 10 heteroatoms. The Labute approximate surface area is 266 Å². The highest BCUT2D eigenvalue weighted by molar-refractivity contribution is 6.30. The van der Waals surface area contributed by atoms with Crippen LogP contribution in [0, 0.1) is 11.7 Å². The number of halogens is 3. The summed E-state index contributed by atoms with van der Waals surface area (Å²) in [5, 5.41) is 12.9. The molecule has 0 aromatic heterocycles. The SMILES string of the molecule is CCOC(=O)CC(c1ccc(Cl)cc1)N1C(=O)c2cc(C(O)(CC)C3CCOCC3)cc(F)c2[C@]1(OC)c1ccc(Cl)cc1. The molecule has 0 spiro atoms. The molecule has 2 aliphatic heterocycles. The van der Waals surface area contributed by atoms with Crippen LogP contribution in [0.2, 0.25) is 10.0 Å². The van der Waals surface area contributed by atoms with Crippen molar-refractivity contribution in [2.75, 3.05) is 26.9 Å². The van der Waals surface area contributed by atoms with Crippen LogP contribution in [0.5, 0.6) is 0 Å². The minimum atomic E-state index is -1.79. The number of methoxy groups -OCH3 is 1. The van der Waals surface area contributed by atoms with Crippen molar-refractivity contribution in [2.24, 2.45) is 5.92 Å². The van der Waals surface area contributed by atoms with Crippen LogP contribution in [0.3, 0.4) is 0 Å². The molecule has 0 saturated carbocycles. The Morgan fingerprint density at radius 3 is 2.27 bits per heavy atom. The summed E-state index contributed by atoms with van der Waals surface area (Å²) < 4.78 is 33.8. The fourth-order valence-electron chi connectivity index (χ4n) is 6.73. The molecule has 0 aliphatic carbocycles. The number of ether oxygens (including phenoxy) is 3. The van der Waals surface area contributed by atoms with E-state index in [0.717, 1.165) is 0 Å². The quantitative estimate of drug-likeness (QED) is 0.236. The van der Waals surface area contributed by atoms with Crippen molar-refractivity contribution in [3.8, 4) is 0 Å². The van der Waals surface area contributed by atoms with Crippen LogP contribution in [-0.2, 0) is 30.3 Å². The topological polar surface area (TPSA) is 85.3 Å². The molecule has 2 aliphatic rings. The lowest BCUT2D eigenvalue weighted by molar-refractivity contribution is -0.148. The first-order valence-corrected chi connectivity index (χ1v) is 15.6. The van der Waals surface area contributed by atoms with Crippen LogP contribution in [0.4, 0.5) is 4.39 Å². The van der Waals surface area contributed by atoms with E-state index < -0.39 is 35.1 Å². The Hall–Kier alpha value is -3.01. The summed E-state index contributed by atoms with van der Waals surface area (Å²) in [6, 6.07) is 15.3. The van der Waals surface area contributed by atoms with Gasteiger partial charge >= 0.3 is 5.97 Å². The number of carbonyl (C=O) groups excluding carboxylic acids is 2. The lowest BCUT2D eigenvalue weighted by atomic mass is 9.74. The number of rotatable bonds is 10. The number of nitrogens with zero attached hydrogens (tertiary/aromatic N) is 1. The zero-order chi connectivity index (χ0) is 31.6. The molecule has 1 fully saturated rings. The van der Waals surface area contributed by atoms with Gasteiger partial charge in [0.25, 0.3) is 5.91 Å². The first-order chi connectivity index (χ1) is 21.1. The van der Waals surface area contributed by atoms with Gasteiger partial charge in [-0.2, -0.15) is 0 Å². The van der Waals surface area contributed by atoms with E-state index in [-0.39, 0.29) is 30.1 Å². The molecule has 0 bridgehead atoms. The van der Waals surface area contributed by atoms with Crippen LogP contribution in [0.1, 0.15) is 78.2 Å². The Balaban J connectivity index is 1.76. The maximum Gasteiger partial charge on any atom is 0.308 e. The number of hydrogen-bond donors (Lipinski definition) is 1. The van der Waals surface area contributed by atoms with Gasteiger partial charge in [0.2, 0.25) is 0 Å². The monoisotopic (exact) mass is 643 g/mol. The second-order valence-electron chi connectivity index (χ2n) is 11.2. The standard InChI is InChI=1S/C34H36Cl2FNO6/c1-4-33(41,22-14-16-43-17-15-22)24-18-27-31(28(37)19-24)34(42-3,23-8-12-26(36)13-9-23)38(32(27)40)29(20-30(39)44-5-2)21-6-10-25(35)11-7-21/h6-13,18-19,22,29,41H,4-5,14-17,20H2,1-3H3/t29?,33?,34-/m1/s1. The highest BCUT2D eigenvalue weighted by Gasteiger charge is 2.57. The Morgan fingerprint density at radius 1 is 1.09 bits per heavy atom. The van der Waals surface area contributed by atoms with Gasteiger partial charge in [0, 0.05) is 35.9 Å². The maximum absolute atomic E-state index is 16.8. The molecule has 0 radical (unpaired) electrons. The second-order valence-corrected chi connectivity index (χ2v) is 12.0. The molecule has 1 saturated heterocycles. The zero-order valence-corrected chi connectivity index (χ0v) is 26.5. The molecule has 2 heterocycles. The molecule has 1 N–H and O–H groups in total. The summed E-state index contributed by atoms with van der Waals surface area (Å²) in [5.41, 5.74) is -1.83. The Bertz CT molecular complexity index is 1510. The third kappa shape index (κ3) is 5.63. The smallest absolute Gasteiger partial charge is 0.308 e. The number of carbonyl (C=O) groups is 2. The first kappa shape index (κ1) is 32.4. The summed E-state index contributed by atoms with van der Waals surface area (Å²) >= 11 is 12.4.